The summed E-state index contributed by atoms with van der Waals surface area (Å²) in [4.78, 5) is 26.7. The molecule has 3 rings (SSSR count). The Morgan fingerprint density at radius 2 is 1.72 bits per heavy atom. The van der Waals surface area contributed by atoms with Crippen LogP contribution in [0.15, 0.2) is 48.5 Å². The van der Waals surface area contributed by atoms with Gasteiger partial charge in [-0.2, -0.15) is 0 Å². The van der Waals surface area contributed by atoms with Gasteiger partial charge in [-0.3, -0.25) is 4.79 Å². The van der Waals surface area contributed by atoms with Crippen LogP contribution in [0, 0.1) is 0 Å². The van der Waals surface area contributed by atoms with Crippen molar-refractivity contribution in [1.82, 2.24) is 4.90 Å². The van der Waals surface area contributed by atoms with E-state index in [4.69, 9.17) is 9.47 Å². The number of fused-ring (bicyclic) bond motifs is 1. The number of carbonyl (C=O) groups is 2. The zero-order valence-corrected chi connectivity index (χ0v) is 14.4. The highest BCUT2D eigenvalue weighted by Crippen LogP contribution is 2.21. The van der Waals surface area contributed by atoms with Gasteiger partial charge in [0, 0.05) is 13.1 Å². The number of para-hydroxylation sites is 1. The van der Waals surface area contributed by atoms with Gasteiger partial charge in [0.1, 0.15) is 11.3 Å². The number of hydrogen-bond donors (Lipinski definition) is 0. The van der Waals surface area contributed by atoms with Crippen LogP contribution in [-0.4, -0.2) is 36.5 Å². The average molecular weight is 339 g/mol. The summed E-state index contributed by atoms with van der Waals surface area (Å²) in [6, 6.07) is 14.9. The van der Waals surface area contributed by atoms with E-state index in [2.05, 4.69) is 6.07 Å². The van der Waals surface area contributed by atoms with Crippen molar-refractivity contribution in [3.05, 3.63) is 65.2 Å². The first-order chi connectivity index (χ1) is 12.1. The van der Waals surface area contributed by atoms with Gasteiger partial charge in [-0.25, -0.2) is 4.79 Å². The van der Waals surface area contributed by atoms with E-state index in [0.717, 1.165) is 12.0 Å². The fraction of sp³-hybridized carbons (Fsp3) is 0.300. The van der Waals surface area contributed by atoms with Gasteiger partial charge >= 0.3 is 5.97 Å². The lowest BCUT2D eigenvalue weighted by atomic mass is 9.99. The Morgan fingerprint density at radius 3 is 2.48 bits per heavy atom. The molecule has 1 atom stereocenters. The Labute approximate surface area is 147 Å². The monoisotopic (exact) mass is 339 g/mol. The van der Waals surface area contributed by atoms with Gasteiger partial charge in [0.05, 0.1) is 7.11 Å². The Kier molecular flexibility index (Phi) is 5.03. The van der Waals surface area contributed by atoms with Crippen LogP contribution in [0.5, 0.6) is 5.75 Å². The maximum Gasteiger partial charge on any atom is 0.342 e. The molecule has 1 amide bonds. The summed E-state index contributed by atoms with van der Waals surface area (Å²) in [5, 5.41) is 0. The molecule has 0 saturated heterocycles. The minimum Gasteiger partial charge on any atom is -0.496 e. The first-order valence-corrected chi connectivity index (χ1v) is 8.29. The number of methoxy groups -OCH3 is 1. The Bertz CT molecular complexity index is 787. The molecular formula is C20H21NO4. The lowest BCUT2D eigenvalue weighted by Crippen LogP contribution is -2.42. The van der Waals surface area contributed by atoms with Crippen LogP contribution >= 0.6 is 0 Å². The molecule has 0 fully saturated rings. The third-order valence-electron chi connectivity index (χ3n) is 4.40. The molecule has 5 nitrogen and oxygen atoms in total. The SMILES string of the molecule is COc1ccccc1C(=O)O[C@@H](C)C(=O)N1CCc2ccccc2C1. The summed E-state index contributed by atoms with van der Waals surface area (Å²) in [5.41, 5.74) is 2.73. The van der Waals surface area contributed by atoms with E-state index >= 15 is 0 Å². The smallest absolute Gasteiger partial charge is 0.342 e. The summed E-state index contributed by atoms with van der Waals surface area (Å²) in [7, 11) is 1.49. The van der Waals surface area contributed by atoms with Crippen molar-refractivity contribution in [3.8, 4) is 5.75 Å². The molecule has 5 heteroatoms. The molecular weight excluding hydrogens is 318 g/mol. The van der Waals surface area contributed by atoms with Crippen LogP contribution in [0.25, 0.3) is 0 Å². The molecule has 25 heavy (non-hydrogen) atoms. The number of esters is 1. The van der Waals surface area contributed by atoms with Gasteiger partial charge in [0.15, 0.2) is 6.10 Å². The predicted octanol–water partition coefficient (Wildman–Crippen LogP) is 2.83. The van der Waals surface area contributed by atoms with Crippen LogP contribution in [-0.2, 0) is 22.5 Å². The molecule has 0 bridgehead atoms. The lowest BCUT2D eigenvalue weighted by Gasteiger charge is -2.30. The number of amides is 1. The highest BCUT2D eigenvalue weighted by atomic mass is 16.5. The first-order valence-electron chi connectivity index (χ1n) is 8.29. The zero-order chi connectivity index (χ0) is 17.8. The third-order valence-corrected chi connectivity index (χ3v) is 4.40. The Hall–Kier alpha value is -2.82. The van der Waals surface area contributed by atoms with Crippen LogP contribution in [0.3, 0.4) is 0 Å². The van der Waals surface area contributed by atoms with Crippen molar-refractivity contribution >= 4 is 11.9 Å². The van der Waals surface area contributed by atoms with Gasteiger partial charge in [0.25, 0.3) is 5.91 Å². The first kappa shape index (κ1) is 17.0. The molecule has 0 saturated carbocycles. The number of ether oxygens (including phenoxy) is 2. The Balaban J connectivity index is 1.66. The van der Waals surface area contributed by atoms with Crippen molar-refractivity contribution < 1.29 is 19.1 Å². The van der Waals surface area contributed by atoms with Gasteiger partial charge in [-0.15, -0.1) is 0 Å². The van der Waals surface area contributed by atoms with Gasteiger partial charge in [-0.1, -0.05) is 36.4 Å². The minimum atomic E-state index is -0.845. The predicted molar refractivity (Wildman–Crippen MR) is 93.4 cm³/mol. The second kappa shape index (κ2) is 7.38. The number of nitrogens with zero attached hydrogens (tertiary/aromatic N) is 1. The maximum absolute atomic E-state index is 12.6. The zero-order valence-electron chi connectivity index (χ0n) is 14.4. The second-order valence-corrected chi connectivity index (χ2v) is 6.03. The number of benzene rings is 2. The average Bonchev–Trinajstić information content (AvgIpc) is 2.66. The molecule has 0 N–H and O–H groups in total. The Morgan fingerprint density at radius 1 is 1.04 bits per heavy atom. The molecule has 1 aliphatic heterocycles. The van der Waals surface area contributed by atoms with Crippen molar-refractivity contribution in [3.63, 3.8) is 0 Å². The molecule has 0 aliphatic carbocycles. The van der Waals surface area contributed by atoms with Gasteiger partial charge in [-0.05, 0) is 36.6 Å². The van der Waals surface area contributed by atoms with Gasteiger partial charge < -0.3 is 14.4 Å². The van der Waals surface area contributed by atoms with Crippen molar-refractivity contribution in [2.24, 2.45) is 0 Å². The molecule has 0 spiro atoms. The fourth-order valence-corrected chi connectivity index (χ4v) is 3.03. The van der Waals surface area contributed by atoms with E-state index in [1.165, 1.54) is 12.7 Å². The topological polar surface area (TPSA) is 55.8 Å². The van der Waals surface area contributed by atoms with E-state index in [-0.39, 0.29) is 5.91 Å². The number of hydrogen-bond acceptors (Lipinski definition) is 4. The molecule has 2 aromatic carbocycles. The quantitative estimate of drug-likeness (QED) is 0.804. The van der Waals surface area contributed by atoms with Crippen molar-refractivity contribution in [1.29, 1.82) is 0 Å². The third kappa shape index (κ3) is 3.65. The lowest BCUT2D eigenvalue weighted by molar-refractivity contribution is -0.140. The van der Waals surface area contributed by atoms with Crippen molar-refractivity contribution in [2.45, 2.75) is 26.0 Å². The highest BCUT2D eigenvalue weighted by molar-refractivity contribution is 5.94. The van der Waals surface area contributed by atoms with Crippen LogP contribution < -0.4 is 4.74 Å². The molecule has 1 aliphatic rings. The second-order valence-electron chi connectivity index (χ2n) is 6.03. The van der Waals surface area contributed by atoms with Gasteiger partial charge in [0.2, 0.25) is 0 Å². The van der Waals surface area contributed by atoms with E-state index < -0.39 is 12.1 Å². The maximum atomic E-state index is 12.6. The van der Waals surface area contributed by atoms with E-state index in [1.807, 2.05) is 18.2 Å². The number of carbonyl (C=O) groups excluding carboxylic acids is 2. The normalized spacial score (nSPS) is 14.4. The standard InChI is InChI=1S/C20H21NO4/c1-14(25-20(23)17-9-5-6-10-18(17)24-2)19(22)21-12-11-15-7-3-4-8-16(15)13-21/h3-10,14H,11-13H2,1-2H3/t14-/m0/s1. The molecule has 0 aromatic heterocycles. The largest absolute Gasteiger partial charge is 0.496 e. The number of rotatable bonds is 4. The summed E-state index contributed by atoms with van der Waals surface area (Å²) in [6.07, 6.45) is -0.0302. The van der Waals surface area contributed by atoms with E-state index in [1.54, 1.807) is 36.1 Å². The van der Waals surface area contributed by atoms with Crippen LogP contribution in [0.2, 0.25) is 0 Å². The van der Waals surface area contributed by atoms with Crippen LogP contribution in [0.4, 0.5) is 0 Å². The summed E-state index contributed by atoms with van der Waals surface area (Å²) in [6.45, 7) is 2.79. The molecule has 0 unspecified atom stereocenters. The molecule has 0 radical (unpaired) electrons. The molecule has 2 aromatic rings. The summed E-state index contributed by atoms with van der Waals surface area (Å²) >= 11 is 0. The van der Waals surface area contributed by atoms with E-state index in [9.17, 15) is 9.59 Å². The van der Waals surface area contributed by atoms with E-state index in [0.29, 0.717) is 24.4 Å². The summed E-state index contributed by atoms with van der Waals surface area (Å²) < 4.78 is 10.5. The minimum absolute atomic E-state index is 0.183. The highest BCUT2D eigenvalue weighted by Gasteiger charge is 2.27. The fourth-order valence-electron chi connectivity index (χ4n) is 3.03. The molecule has 1 heterocycles. The van der Waals surface area contributed by atoms with Crippen LogP contribution in [0.1, 0.15) is 28.4 Å². The summed E-state index contributed by atoms with van der Waals surface area (Å²) in [5.74, 6) is -0.312. The molecule has 130 valence electrons. The van der Waals surface area contributed by atoms with Crippen molar-refractivity contribution in [2.75, 3.05) is 13.7 Å².